The summed E-state index contributed by atoms with van der Waals surface area (Å²) in [7, 11) is -3.80. The van der Waals surface area contributed by atoms with Crippen molar-refractivity contribution in [1.29, 1.82) is 0 Å². The molecule has 0 spiro atoms. The molecule has 0 saturated carbocycles. The van der Waals surface area contributed by atoms with Gasteiger partial charge in [-0.3, -0.25) is 14.3 Å². The molecule has 1 atom stereocenters. The van der Waals surface area contributed by atoms with E-state index >= 15 is 0 Å². The average molecular weight is 416 g/mol. The summed E-state index contributed by atoms with van der Waals surface area (Å²) in [5, 5.41) is 18.2. The van der Waals surface area contributed by atoms with Crippen LogP contribution in [-0.2, 0) is 14.8 Å². The van der Waals surface area contributed by atoms with Crippen molar-refractivity contribution in [3.05, 3.63) is 48.5 Å². The van der Waals surface area contributed by atoms with Crippen LogP contribution in [0.4, 0.5) is 9.57 Å². The van der Waals surface area contributed by atoms with Gasteiger partial charge in [0.05, 0.1) is 30.6 Å². The molecule has 1 amide bonds. The second-order valence-corrected chi connectivity index (χ2v) is 7.96. The summed E-state index contributed by atoms with van der Waals surface area (Å²) in [4.78, 5) is 11.7. The zero-order valence-electron chi connectivity index (χ0n) is 14.1. The van der Waals surface area contributed by atoms with Gasteiger partial charge >= 0.3 is 0 Å². The smallest absolute Gasteiger partial charge is 0.274 e. The fraction of sp³-hybridized carbons (Fsp3) is 0.188. The Bertz CT molecular complexity index is 875. The highest BCUT2D eigenvalue weighted by molar-refractivity contribution is 7.94. The molecule has 0 aliphatic heterocycles. The van der Waals surface area contributed by atoms with Crippen molar-refractivity contribution in [3.63, 3.8) is 0 Å². The molecule has 0 aromatic heterocycles. The fourth-order valence-electron chi connectivity index (χ4n) is 2.12. The molecule has 2 aromatic carbocycles. The van der Waals surface area contributed by atoms with Gasteiger partial charge < -0.3 is 9.84 Å². The van der Waals surface area contributed by atoms with E-state index in [-0.39, 0.29) is 17.8 Å². The highest BCUT2D eigenvalue weighted by Gasteiger charge is 2.25. The van der Waals surface area contributed by atoms with E-state index in [2.05, 4.69) is 0 Å². The lowest BCUT2D eigenvalue weighted by molar-refractivity contribution is -0.137. The first-order valence-electron chi connectivity index (χ1n) is 7.51. The number of ether oxygens (including phenoxy) is 1. The van der Waals surface area contributed by atoms with E-state index in [0.717, 1.165) is 10.6 Å². The summed E-state index contributed by atoms with van der Waals surface area (Å²) >= 11 is 0.117. The molecule has 3 N–H and O–H groups in total. The van der Waals surface area contributed by atoms with E-state index in [9.17, 15) is 22.2 Å². The van der Waals surface area contributed by atoms with Gasteiger partial charge in [0.15, 0.2) is 6.10 Å². The Morgan fingerprint density at radius 1 is 1.19 bits per heavy atom. The van der Waals surface area contributed by atoms with E-state index in [1.165, 1.54) is 29.7 Å². The summed E-state index contributed by atoms with van der Waals surface area (Å²) in [6.07, 6.45) is -0.835. The second kappa shape index (κ2) is 9.04. The third kappa shape index (κ3) is 5.82. The number of hydroxylamine groups is 1. The molecule has 0 bridgehead atoms. The van der Waals surface area contributed by atoms with Crippen molar-refractivity contribution in [2.24, 2.45) is 0 Å². The highest BCUT2D eigenvalue weighted by Crippen LogP contribution is 2.28. The van der Waals surface area contributed by atoms with Crippen molar-refractivity contribution in [2.75, 3.05) is 17.1 Å². The summed E-state index contributed by atoms with van der Waals surface area (Å²) in [5.41, 5.74) is 1.46. The number of hydrogen-bond donors (Lipinski definition) is 3. The predicted molar refractivity (Wildman–Crippen MR) is 98.0 cm³/mol. The van der Waals surface area contributed by atoms with Crippen molar-refractivity contribution in [2.45, 2.75) is 11.0 Å². The Hall–Kier alpha value is -2.34. The first-order valence-corrected chi connectivity index (χ1v) is 10.1. The van der Waals surface area contributed by atoms with Crippen LogP contribution in [0.3, 0.4) is 0 Å². The highest BCUT2D eigenvalue weighted by atomic mass is 32.2. The minimum Gasteiger partial charge on any atom is -0.457 e. The number of nitrogens with one attached hydrogen (secondary N) is 1. The van der Waals surface area contributed by atoms with Gasteiger partial charge in [-0.25, -0.2) is 13.9 Å². The zero-order chi connectivity index (χ0) is 20.0. The molecular weight excluding hydrogens is 399 g/mol. The van der Waals surface area contributed by atoms with Gasteiger partial charge in [-0.1, -0.05) is 0 Å². The van der Waals surface area contributed by atoms with Gasteiger partial charge in [-0.15, -0.1) is 0 Å². The standard InChI is InChI=1S/C16H17FN2O6S2/c1-27(23,24)19(10-15(20)16(21)18-22)11-2-4-12(5-3-11)25-13-6-8-14(26-17)9-7-13/h2-9,15,20,22H,10H2,1H3,(H,18,21)/t15-/m0/s1. The lowest BCUT2D eigenvalue weighted by Crippen LogP contribution is -2.44. The average Bonchev–Trinajstić information content (AvgIpc) is 2.65. The molecule has 8 nitrogen and oxygen atoms in total. The number of nitrogens with zero attached hydrogens (tertiary/aromatic N) is 1. The quantitative estimate of drug-likeness (QED) is 0.446. The Kier molecular flexibility index (Phi) is 7.02. The monoisotopic (exact) mass is 416 g/mol. The molecule has 27 heavy (non-hydrogen) atoms. The van der Waals surface area contributed by atoms with Crippen LogP contribution >= 0.6 is 12.1 Å². The summed E-state index contributed by atoms with van der Waals surface area (Å²) in [5.74, 6) is -0.254. The predicted octanol–water partition coefficient (Wildman–Crippen LogP) is 2.09. The molecule has 0 heterocycles. The number of hydrogen-bond acceptors (Lipinski definition) is 7. The molecule has 0 saturated heterocycles. The van der Waals surface area contributed by atoms with Crippen LogP contribution in [0, 0.1) is 0 Å². The number of anilines is 1. The number of amides is 1. The van der Waals surface area contributed by atoms with Gasteiger partial charge in [-0.05, 0) is 48.5 Å². The van der Waals surface area contributed by atoms with Crippen molar-refractivity contribution in [1.82, 2.24) is 5.48 Å². The molecule has 0 aliphatic carbocycles. The van der Waals surface area contributed by atoms with Crippen LogP contribution in [0.2, 0.25) is 0 Å². The second-order valence-electron chi connectivity index (χ2n) is 5.43. The molecule has 2 aromatic rings. The normalized spacial score (nSPS) is 12.3. The minimum absolute atomic E-state index is 0.117. The number of sulfonamides is 1. The number of aliphatic hydroxyl groups is 1. The molecule has 146 valence electrons. The molecule has 0 fully saturated rings. The van der Waals surface area contributed by atoms with Crippen LogP contribution in [-0.4, -0.2) is 43.5 Å². The van der Waals surface area contributed by atoms with Crippen LogP contribution in [0.15, 0.2) is 53.4 Å². The van der Waals surface area contributed by atoms with Gasteiger partial charge in [0.25, 0.3) is 5.91 Å². The number of benzene rings is 2. The number of carbonyl (C=O) groups is 1. The van der Waals surface area contributed by atoms with E-state index in [1.807, 2.05) is 0 Å². The largest absolute Gasteiger partial charge is 0.457 e. The van der Waals surface area contributed by atoms with Crippen molar-refractivity contribution in [3.8, 4) is 11.5 Å². The molecule has 0 radical (unpaired) electrons. The Labute approximate surface area is 159 Å². The summed E-state index contributed by atoms with van der Waals surface area (Å²) < 4.78 is 42.8. The van der Waals surface area contributed by atoms with Crippen LogP contribution in [0.25, 0.3) is 0 Å². The molecule has 2 rings (SSSR count). The third-order valence-electron chi connectivity index (χ3n) is 3.43. The number of halogens is 1. The fourth-order valence-corrected chi connectivity index (χ4v) is 3.28. The maximum Gasteiger partial charge on any atom is 0.274 e. The number of carbonyl (C=O) groups excluding carboxylic acids is 1. The summed E-state index contributed by atoms with van der Waals surface area (Å²) in [6.45, 7) is -0.576. The Morgan fingerprint density at radius 2 is 1.70 bits per heavy atom. The maximum atomic E-state index is 12.4. The van der Waals surface area contributed by atoms with E-state index in [1.54, 1.807) is 24.3 Å². The summed E-state index contributed by atoms with van der Waals surface area (Å²) in [6, 6.07) is 12.1. The van der Waals surface area contributed by atoms with Crippen molar-refractivity contribution < 1.29 is 32.1 Å². The van der Waals surface area contributed by atoms with Gasteiger partial charge in [0.2, 0.25) is 10.0 Å². The van der Waals surface area contributed by atoms with Crippen LogP contribution in [0.5, 0.6) is 11.5 Å². The van der Waals surface area contributed by atoms with Gasteiger partial charge in [0.1, 0.15) is 11.5 Å². The van der Waals surface area contributed by atoms with Crippen LogP contribution in [0.1, 0.15) is 0 Å². The van der Waals surface area contributed by atoms with E-state index in [4.69, 9.17) is 9.94 Å². The lowest BCUT2D eigenvalue weighted by atomic mass is 10.2. The van der Waals surface area contributed by atoms with Crippen molar-refractivity contribution >= 4 is 33.8 Å². The zero-order valence-corrected chi connectivity index (χ0v) is 15.7. The van der Waals surface area contributed by atoms with E-state index in [0.29, 0.717) is 16.4 Å². The Morgan fingerprint density at radius 3 is 2.15 bits per heavy atom. The van der Waals surface area contributed by atoms with Gasteiger partial charge in [0, 0.05) is 4.90 Å². The molecular formula is C16H17FN2O6S2. The molecule has 0 unspecified atom stereocenters. The number of rotatable bonds is 8. The molecule has 0 aliphatic rings. The third-order valence-corrected chi connectivity index (χ3v) is 5.04. The topological polar surface area (TPSA) is 116 Å². The van der Waals surface area contributed by atoms with Gasteiger partial charge in [-0.2, -0.15) is 3.89 Å². The Balaban J connectivity index is 2.17. The molecule has 11 heteroatoms. The number of aliphatic hydroxyl groups excluding tert-OH is 1. The van der Waals surface area contributed by atoms with Crippen LogP contribution < -0.4 is 14.5 Å². The first-order chi connectivity index (χ1) is 12.7. The maximum absolute atomic E-state index is 12.4. The SMILES string of the molecule is CS(=O)(=O)N(C[C@H](O)C(=O)NO)c1ccc(Oc2ccc(SF)cc2)cc1. The first kappa shape index (κ1) is 21.0. The van der Waals surface area contributed by atoms with E-state index < -0.39 is 28.6 Å². The minimum atomic E-state index is -3.80. The lowest BCUT2D eigenvalue weighted by Gasteiger charge is -2.24.